The second-order valence-corrected chi connectivity index (χ2v) is 11.8. The van der Waals surface area contributed by atoms with Crippen LogP contribution in [0.2, 0.25) is 0 Å². The molecule has 9 nitrogen and oxygen atoms in total. The fourth-order valence-corrected chi connectivity index (χ4v) is 5.33. The predicted octanol–water partition coefficient (Wildman–Crippen LogP) is 5.13. The summed E-state index contributed by atoms with van der Waals surface area (Å²) in [6.07, 6.45) is 4.72. The van der Waals surface area contributed by atoms with Crippen molar-refractivity contribution in [3.8, 4) is 33.8 Å². The number of pyridine rings is 2. The molecule has 11 heteroatoms. The standard InChI is InChI=1S/C30H28FN7O2S/c1-3-32-14-19-10-21(17-33-15-19)25-7-8-27-29(36-25)30(38-37-27)28-13-24-23(5-4-6-26(24)35-28)20-9-18(11-22(31)12-20)16-34-41(2,39)40/h4-13,15,17,32,34-35H,3,14,16H2,1-2H3,(H,37,38). The first-order valence-corrected chi connectivity index (χ1v) is 15.0. The number of sulfonamides is 1. The van der Waals surface area contributed by atoms with Crippen LogP contribution in [0.1, 0.15) is 18.1 Å². The maximum Gasteiger partial charge on any atom is 0.209 e. The van der Waals surface area contributed by atoms with Crippen molar-refractivity contribution >= 4 is 32.0 Å². The van der Waals surface area contributed by atoms with E-state index in [9.17, 15) is 12.8 Å². The summed E-state index contributed by atoms with van der Waals surface area (Å²) < 4.78 is 40.1. The maximum absolute atomic E-state index is 14.6. The van der Waals surface area contributed by atoms with Crippen molar-refractivity contribution in [3.63, 3.8) is 0 Å². The molecule has 0 aliphatic rings. The third-order valence-electron chi connectivity index (χ3n) is 6.80. The van der Waals surface area contributed by atoms with Gasteiger partial charge < -0.3 is 10.3 Å². The van der Waals surface area contributed by atoms with Crippen LogP contribution in [-0.4, -0.2) is 46.4 Å². The van der Waals surface area contributed by atoms with Crippen LogP contribution < -0.4 is 10.0 Å². The topological polar surface area (TPSA) is 128 Å². The van der Waals surface area contributed by atoms with Crippen molar-refractivity contribution in [1.29, 1.82) is 0 Å². The molecule has 0 amide bonds. The van der Waals surface area contributed by atoms with Crippen LogP contribution in [0.25, 0.3) is 55.7 Å². The average Bonchev–Trinajstić information content (AvgIpc) is 3.58. The number of hydrogen-bond donors (Lipinski definition) is 4. The highest BCUT2D eigenvalue weighted by molar-refractivity contribution is 7.88. The summed E-state index contributed by atoms with van der Waals surface area (Å²) in [7, 11) is -3.41. The molecule has 0 aliphatic carbocycles. The third-order valence-corrected chi connectivity index (χ3v) is 7.47. The molecule has 2 aromatic carbocycles. The van der Waals surface area contributed by atoms with E-state index in [0.717, 1.165) is 63.8 Å². The SMILES string of the molecule is CCNCc1cncc(-c2ccc3[nH]nc(-c4cc5c(-c6cc(F)cc(CNS(C)(=O)=O)c6)cccc5[nH]4)c3n2)c1. The molecule has 0 saturated heterocycles. The van der Waals surface area contributed by atoms with Crippen molar-refractivity contribution in [2.75, 3.05) is 12.8 Å². The lowest BCUT2D eigenvalue weighted by atomic mass is 9.99. The molecule has 0 saturated carbocycles. The zero-order valence-electron chi connectivity index (χ0n) is 22.5. The smallest absolute Gasteiger partial charge is 0.209 e. The largest absolute Gasteiger partial charge is 0.353 e. The summed E-state index contributed by atoms with van der Waals surface area (Å²) in [6, 6.07) is 18.3. The lowest BCUT2D eigenvalue weighted by Crippen LogP contribution is -2.21. The molecule has 0 aliphatic heterocycles. The Bertz CT molecular complexity index is 2000. The van der Waals surface area contributed by atoms with Gasteiger partial charge in [0.25, 0.3) is 0 Å². The van der Waals surface area contributed by atoms with Crippen molar-refractivity contribution in [1.82, 2.24) is 35.2 Å². The van der Waals surface area contributed by atoms with Gasteiger partial charge in [0.05, 0.1) is 23.2 Å². The fraction of sp³-hybridized carbons (Fsp3) is 0.167. The van der Waals surface area contributed by atoms with Crippen LogP contribution in [0.4, 0.5) is 4.39 Å². The molecule has 4 N–H and O–H groups in total. The highest BCUT2D eigenvalue weighted by atomic mass is 32.2. The Balaban J connectivity index is 1.39. The van der Waals surface area contributed by atoms with E-state index < -0.39 is 15.8 Å². The molecule has 6 aromatic rings. The molecule has 208 valence electrons. The summed E-state index contributed by atoms with van der Waals surface area (Å²) in [4.78, 5) is 12.8. The van der Waals surface area contributed by atoms with Crippen LogP contribution in [0, 0.1) is 5.82 Å². The second kappa shape index (κ2) is 10.8. The van der Waals surface area contributed by atoms with Crippen molar-refractivity contribution in [2.24, 2.45) is 0 Å². The zero-order valence-corrected chi connectivity index (χ0v) is 23.3. The molecule has 0 fully saturated rings. The van der Waals surface area contributed by atoms with Crippen LogP contribution in [0.3, 0.4) is 0 Å². The first-order chi connectivity index (χ1) is 19.8. The number of benzene rings is 2. The molecule has 0 unspecified atom stereocenters. The van der Waals surface area contributed by atoms with E-state index in [0.29, 0.717) is 22.3 Å². The van der Waals surface area contributed by atoms with Gasteiger partial charge >= 0.3 is 0 Å². The Labute approximate surface area is 236 Å². The van der Waals surface area contributed by atoms with Gasteiger partial charge in [0.2, 0.25) is 10.0 Å². The number of halogens is 1. The Kier molecular flexibility index (Phi) is 7.08. The molecule has 41 heavy (non-hydrogen) atoms. The van der Waals surface area contributed by atoms with E-state index in [1.165, 1.54) is 12.1 Å². The number of aromatic amines is 2. The van der Waals surface area contributed by atoms with Gasteiger partial charge in [-0.25, -0.2) is 22.5 Å². The van der Waals surface area contributed by atoms with E-state index in [2.05, 4.69) is 43.2 Å². The summed E-state index contributed by atoms with van der Waals surface area (Å²) in [5.41, 5.74) is 8.55. The summed E-state index contributed by atoms with van der Waals surface area (Å²) >= 11 is 0. The number of aromatic nitrogens is 5. The maximum atomic E-state index is 14.6. The van der Waals surface area contributed by atoms with Gasteiger partial charge in [-0.05, 0) is 77.3 Å². The quantitative estimate of drug-likeness (QED) is 0.191. The van der Waals surface area contributed by atoms with Gasteiger partial charge in [0, 0.05) is 41.9 Å². The Morgan fingerprint density at radius 2 is 1.78 bits per heavy atom. The number of hydrogen-bond acceptors (Lipinski definition) is 6. The van der Waals surface area contributed by atoms with E-state index in [4.69, 9.17) is 4.98 Å². The molecule has 0 bridgehead atoms. The van der Waals surface area contributed by atoms with Gasteiger partial charge in [-0.1, -0.05) is 19.1 Å². The lowest BCUT2D eigenvalue weighted by Gasteiger charge is -2.08. The molecule has 6 rings (SSSR count). The number of nitrogens with one attached hydrogen (secondary N) is 4. The predicted molar refractivity (Wildman–Crippen MR) is 159 cm³/mol. The van der Waals surface area contributed by atoms with Crippen LogP contribution in [0.15, 0.2) is 73.1 Å². The molecule has 0 spiro atoms. The molecule has 4 aromatic heterocycles. The zero-order chi connectivity index (χ0) is 28.6. The summed E-state index contributed by atoms with van der Waals surface area (Å²) in [6.45, 7) is 3.67. The monoisotopic (exact) mass is 569 g/mol. The van der Waals surface area contributed by atoms with E-state index >= 15 is 0 Å². The molecule has 4 heterocycles. The minimum Gasteiger partial charge on any atom is -0.353 e. The second-order valence-electron chi connectivity index (χ2n) is 9.92. The van der Waals surface area contributed by atoms with Gasteiger partial charge in [-0.3, -0.25) is 10.1 Å². The highest BCUT2D eigenvalue weighted by Gasteiger charge is 2.16. The highest BCUT2D eigenvalue weighted by Crippen LogP contribution is 2.35. The summed E-state index contributed by atoms with van der Waals surface area (Å²) in [5, 5.41) is 11.8. The van der Waals surface area contributed by atoms with Gasteiger partial charge in [0.1, 0.15) is 17.0 Å². The minimum absolute atomic E-state index is 0.00123. The number of nitrogens with zero attached hydrogens (tertiary/aromatic N) is 3. The number of fused-ring (bicyclic) bond motifs is 2. The van der Waals surface area contributed by atoms with Gasteiger partial charge in [0.15, 0.2) is 0 Å². The van der Waals surface area contributed by atoms with Crippen LogP contribution in [-0.2, 0) is 23.1 Å². The van der Waals surface area contributed by atoms with Gasteiger partial charge in [-0.15, -0.1) is 0 Å². The van der Waals surface area contributed by atoms with Crippen molar-refractivity contribution in [2.45, 2.75) is 20.0 Å². The van der Waals surface area contributed by atoms with Crippen LogP contribution >= 0.6 is 0 Å². The minimum atomic E-state index is -3.41. The Morgan fingerprint density at radius 1 is 0.927 bits per heavy atom. The van der Waals surface area contributed by atoms with Crippen molar-refractivity contribution < 1.29 is 12.8 Å². The molecule has 0 atom stereocenters. The van der Waals surface area contributed by atoms with E-state index in [1.54, 1.807) is 12.3 Å². The molecular weight excluding hydrogens is 541 g/mol. The first-order valence-electron chi connectivity index (χ1n) is 13.1. The van der Waals surface area contributed by atoms with E-state index in [1.807, 2.05) is 42.6 Å². The fourth-order valence-electron chi connectivity index (χ4n) is 4.90. The Hall–Kier alpha value is -4.45. The lowest BCUT2D eigenvalue weighted by molar-refractivity contribution is 0.586. The molecular formula is C30H28FN7O2S. The number of rotatable bonds is 9. The number of H-pyrrole nitrogens is 2. The average molecular weight is 570 g/mol. The van der Waals surface area contributed by atoms with E-state index in [-0.39, 0.29) is 6.54 Å². The normalized spacial score (nSPS) is 12.0. The Morgan fingerprint density at radius 3 is 2.61 bits per heavy atom. The third kappa shape index (κ3) is 5.73. The molecule has 0 radical (unpaired) electrons. The van der Waals surface area contributed by atoms with Gasteiger partial charge in [-0.2, -0.15) is 5.10 Å². The first kappa shape index (κ1) is 26.8. The van der Waals surface area contributed by atoms with Crippen molar-refractivity contribution in [3.05, 3.63) is 90.0 Å². The van der Waals surface area contributed by atoms with Crippen LogP contribution in [0.5, 0.6) is 0 Å². The summed E-state index contributed by atoms with van der Waals surface area (Å²) in [5.74, 6) is -0.445.